The first-order valence-corrected chi connectivity index (χ1v) is 15.2. The van der Waals surface area contributed by atoms with Gasteiger partial charge in [0.05, 0.1) is 42.8 Å². The second kappa shape index (κ2) is 12.0. The number of amides is 4. The van der Waals surface area contributed by atoms with Crippen molar-refractivity contribution in [1.29, 1.82) is 0 Å². The summed E-state index contributed by atoms with van der Waals surface area (Å²) in [6.07, 6.45) is 1.50. The summed E-state index contributed by atoms with van der Waals surface area (Å²) >= 11 is 0. The molecule has 46 heavy (non-hydrogen) atoms. The number of hydrogen-bond donors (Lipinski definition) is 1. The monoisotopic (exact) mass is 640 g/mol. The average molecular weight is 641 g/mol. The van der Waals surface area contributed by atoms with Crippen molar-refractivity contribution in [2.45, 2.75) is 50.7 Å². The van der Waals surface area contributed by atoms with Gasteiger partial charge in [-0.05, 0) is 31.4 Å². The first kappa shape index (κ1) is 30.1. The lowest BCUT2D eigenvalue weighted by atomic mass is 10.0. The van der Waals surface area contributed by atoms with Crippen molar-refractivity contribution in [3.05, 3.63) is 58.8 Å². The summed E-state index contributed by atoms with van der Waals surface area (Å²) in [4.78, 5) is 54.9. The minimum Gasteiger partial charge on any atom is -0.378 e. The van der Waals surface area contributed by atoms with Crippen LogP contribution in [0.3, 0.4) is 0 Å². The van der Waals surface area contributed by atoms with Gasteiger partial charge in [-0.1, -0.05) is 0 Å². The van der Waals surface area contributed by atoms with Gasteiger partial charge in [-0.2, -0.15) is 10.2 Å². The Morgan fingerprint density at radius 1 is 0.978 bits per heavy atom. The summed E-state index contributed by atoms with van der Waals surface area (Å²) in [5.74, 6) is -2.64. The molecule has 3 fully saturated rings. The van der Waals surface area contributed by atoms with Crippen LogP contribution in [0.25, 0.3) is 5.69 Å². The zero-order valence-electron chi connectivity index (χ0n) is 24.7. The van der Waals surface area contributed by atoms with Crippen molar-refractivity contribution in [2.24, 2.45) is 0 Å². The molecule has 0 spiro atoms. The molecule has 0 radical (unpaired) electrons. The van der Waals surface area contributed by atoms with Gasteiger partial charge in [-0.3, -0.25) is 39.0 Å². The SMILES string of the molecule is O=C1CCC(N2C(=O)c3cc(F)c(CN4CCC(n5cc(-n6nccc6N6CCOCC6)c(C(F)F)n5)CC4)cc3C2=O)C(=O)N1. The van der Waals surface area contributed by atoms with Crippen LogP contribution in [0.2, 0.25) is 0 Å². The van der Waals surface area contributed by atoms with E-state index in [4.69, 9.17) is 4.74 Å². The van der Waals surface area contributed by atoms with E-state index >= 15 is 4.39 Å². The van der Waals surface area contributed by atoms with E-state index < -0.39 is 41.9 Å². The number of benzene rings is 1. The minimum absolute atomic E-state index is 0.00789. The number of morpholine rings is 1. The van der Waals surface area contributed by atoms with Crippen LogP contribution in [0.1, 0.15) is 70.1 Å². The molecule has 0 aliphatic carbocycles. The molecule has 2 aromatic heterocycles. The molecule has 3 saturated heterocycles. The van der Waals surface area contributed by atoms with Crippen LogP contribution in [0.15, 0.2) is 30.6 Å². The van der Waals surface area contributed by atoms with Gasteiger partial charge in [0, 0.05) is 50.8 Å². The van der Waals surface area contributed by atoms with Crippen LogP contribution >= 0.6 is 0 Å². The summed E-state index contributed by atoms with van der Waals surface area (Å²) < 4.78 is 52.0. The number of ether oxygens (including phenoxy) is 1. The predicted octanol–water partition coefficient (Wildman–Crippen LogP) is 2.22. The molecule has 1 unspecified atom stereocenters. The highest BCUT2D eigenvalue weighted by atomic mass is 19.3. The highest BCUT2D eigenvalue weighted by Gasteiger charge is 2.45. The predicted molar refractivity (Wildman–Crippen MR) is 154 cm³/mol. The van der Waals surface area contributed by atoms with Crippen molar-refractivity contribution in [1.82, 2.24) is 34.7 Å². The molecule has 1 N–H and O–H groups in total. The van der Waals surface area contributed by atoms with Crippen molar-refractivity contribution < 1.29 is 37.1 Å². The standard InChI is InChI=1S/C30H31F3N8O5/c31-21-14-20-19(29(44)40(30(20)45)22-1-2-24(42)35-28(22)43)13-17(21)15-37-7-4-18(5-8-37)39-16-23(26(36-39)27(32)33)41-25(3-6-34-41)38-9-11-46-12-10-38/h3,6,13-14,16,18,22,27H,1-2,4-5,7-12,15H2,(H,35,42,43). The van der Waals surface area contributed by atoms with Crippen LogP contribution in [0.4, 0.5) is 19.0 Å². The Labute approximate surface area is 260 Å². The van der Waals surface area contributed by atoms with Crippen LogP contribution in [0.5, 0.6) is 0 Å². The molecule has 7 rings (SSSR count). The zero-order valence-corrected chi connectivity index (χ0v) is 24.7. The van der Waals surface area contributed by atoms with E-state index in [1.165, 1.54) is 10.7 Å². The summed E-state index contributed by atoms with van der Waals surface area (Å²) in [6, 6.07) is 2.86. The summed E-state index contributed by atoms with van der Waals surface area (Å²) in [7, 11) is 0. The number of piperidine rings is 2. The second-order valence-corrected chi connectivity index (χ2v) is 11.8. The normalized spacial score (nSPS) is 21.4. The molecule has 13 nitrogen and oxygen atoms in total. The largest absolute Gasteiger partial charge is 0.378 e. The van der Waals surface area contributed by atoms with Crippen molar-refractivity contribution in [2.75, 3.05) is 44.3 Å². The lowest BCUT2D eigenvalue weighted by molar-refractivity contribution is -0.136. The Balaban J connectivity index is 1.04. The Kier molecular flexibility index (Phi) is 7.84. The summed E-state index contributed by atoms with van der Waals surface area (Å²) in [6.45, 7) is 3.50. The van der Waals surface area contributed by atoms with Gasteiger partial charge in [0.25, 0.3) is 18.2 Å². The van der Waals surface area contributed by atoms with Crippen molar-refractivity contribution in [3.63, 3.8) is 0 Å². The Morgan fingerprint density at radius 2 is 1.70 bits per heavy atom. The fourth-order valence-electron chi connectivity index (χ4n) is 6.65. The second-order valence-electron chi connectivity index (χ2n) is 11.8. The lowest BCUT2D eigenvalue weighted by Gasteiger charge is -2.32. The van der Waals surface area contributed by atoms with E-state index in [1.54, 1.807) is 23.1 Å². The highest BCUT2D eigenvalue weighted by molar-refractivity contribution is 6.23. The first-order chi connectivity index (χ1) is 22.2. The number of fused-ring (bicyclic) bond motifs is 1. The number of alkyl halides is 2. The Hall–Kier alpha value is -4.57. The molecule has 0 bridgehead atoms. The number of imide groups is 2. The fourth-order valence-corrected chi connectivity index (χ4v) is 6.65. The maximum atomic E-state index is 15.2. The third-order valence-corrected chi connectivity index (χ3v) is 9.06. The van der Waals surface area contributed by atoms with Gasteiger partial charge in [-0.15, -0.1) is 0 Å². The van der Waals surface area contributed by atoms with Crippen LogP contribution in [-0.4, -0.2) is 98.4 Å². The van der Waals surface area contributed by atoms with E-state index in [0.717, 1.165) is 11.0 Å². The number of likely N-dealkylation sites (tertiary alicyclic amines) is 1. The number of carbonyl (C=O) groups excluding carboxylic acids is 4. The minimum atomic E-state index is -2.80. The van der Waals surface area contributed by atoms with E-state index in [9.17, 15) is 28.0 Å². The molecule has 1 aromatic carbocycles. The van der Waals surface area contributed by atoms with Gasteiger partial charge in [0.2, 0.25) is 11.8 Å². The molecule has 4 aliphatic rings. The zero-order chi connectivity index (χ0) is 32.1. The van der Waals surface area contributed by atoms with Gasteiger partial charge in [0.1, 0.15) is 23.4 Å². The molecular formula is C30H31F3N8O5. The van der Waals surface area contributed by atoms with Crippen molar-refractivity contribution >= 4 is 29.4 Å². The van der Waals surface area contributed by atoms with Gasteiger partial charge < -0.3 is 9.64 Å². The van der Waals surface area contributed by atoms with E-state index in [1.807, 2.05) is 9.80 Å². The van der Waals surface area contributed by atoms with E-state index in [2.05, 4.69) is 15.5 Å². The third kappa shape index (κ3) is 5.34. The smallest absolute Gasteiger partial charge is 0.284 e. The molecule has 1 atom stereocenters. The molecule has 4 aliphatic heterocycles. The molecule has 0 saturated carbocycles. The average Bonchev–Trinajstić information content (AvgIpc) is 3.76. The lowest BCUT2D eigenvalue weighted by Crippen LogP contribution is -2.54. The Morgan fingerprint density at radius 3 is 2.39 bits per heavy atom. The van der Waals surface area contributed by atoms with Gasteiger partial charge in [0.15, 0.2) is 5.69 Å². The van der Waals surface area contributed by atoms with Crippen molar-refractivity contribution in [3.8, 4) is 5.69 Å². The number of nitrogens with one attached hydrogen (secondary N) is 1. The topological polar surface area (TPSA) is 135 Å². The maximum absolute atomic E-state index is 15.2. The molecule has 4 amide bonds. The molecule has 16 heteroatoms. The fraction of sp³-hybridized carbons (Fsp3) is 0.467. The molecule has 6 heterocycles. The molecule has 3 aromatic rings. The number of aromatic nitrogens is 4. The van der Waals surface area contributed by atoms with E-state index in [-0.39, 0.29) is 53.5 Å². The highest BCUT2D eigenvalue weighted by Crippen LogP contribution is 2.33. The van der Waals surface area contributed by atoms with E-state index in [0.29, 0.717) is 58.1 Å². The first-order valence-electron chi connectivity index (χ1n) is 15.2. The van der Waals surface area contributed by atoms with Gasteiger partial charge in [-0.25, -0.2) is 17.9 Å². The van der Waals surface area contributed by atoms with Gasteiger partial charge >= 0.3 is 0 Å². The molecule has 242 valence electrons. The Bertz CT molecular complexity index is 1710. The van der Waals surface area contributed by atoms with Crippen LogP contribution in [0, 0.1) is 5.82 Å². The number of nitrogens with zero attached hydrogens (tertiary/aromatic N) is 7. The number of rotatable bonds is 7. The summed E-state index contributed by atoms with van der Waals surface area (Å²) in [5, 5.41) is 10.7. The van der Waals surface area contributed by atoms with Crippen LogP contribution in [-0.2, 0) is 20.9 Å². The number of carbonyl (C=O) groups is 4. The quantitative estimate of drug-likeness (QED) is 0.386. The van der Waals surface area contributed by atoms with Crippen LogP contribution < -0.4 is 10.2 Å². The number of anilines is 1. The molecular weight excluding hydrogens is 609 g/mol. The maximum Gasteiger partial charge on any atom is 0.284 e. The number of hydrogen-bond acceptors (Lipinski definition) is 9. The number of halogens is 3. The third-order valence-electron chi connectivity index (χ3n) is 9.06. The summed E-state index contributed by atoms with van der Waals surface area (Å²) in [5.41, 5.74) is -0.0205.